The monoisotopic (exact) mass is 407 g/mol. The molecule has 4 aromatic rings. The van der Waals surface area contributed by atoms with Crippen LogP contribution in [0, 0.1) is 6.92 Å². The molecule has 0 saturated carbocycles. The summed E-state index contributed by atoms with van der Waals surface area (Å²) in [4.78, 5) is 21.4. The van der Waals surface area contributed by atoms with Crippen LogP contribution in [-0.4, -0.2) is 15.9 Å². The first-order valence-corrected chi connectivity index (χ1v) is 10.2. The summed E-state index contributed by atoms with van der Waals surface area (Å²) in [6.45, 7) is 6.43. The van der Waals surface area contributed by atoms with Crippen LogP contribution in [0.15, 0.2) is 52.3 Å². The normalized spacial score (nSPS) is 11.2. The molecule has 4 rings (SSSR count). The van der Waals surface area contributed by atoms with E-state index in [1.807, 2.05) is 44.4 Å². The quantitative estimate of drug-likeness (QED) is 0.454. The highest BCUT2D eigenvalue weighted by Gasteiger charge is 2.12. The third kappa shape index (κ3) is 4.46. The first-order chi connectivity index (χ1) is 14.0. The Kier molecular flexibility index (Phi) is 5.31. The van der Waals surface area contributed by atoms with Crippen molar-refractivity contribution in [1.29, 1.82) is 0 Å². The Bertz CT molecular complexity index is 1150. The number of aryl methyl sites for hydroxylation is 1. The summed E-state index contributed by atoms with van der Waals surface area (Å²) in [5, 5.41) is 5.89. The van der Waals surface area contributed by atoms with Gasteiger partial charge in [0, 0.05) is 22.5 Å². The van der Waals surface area contributed by atoms with E-state index in [9.17, 15) is 4.79 Å². The van der Waals surface area contributed by atoms with E-state index in [4.69, 9.17) is 9.15 Å². The van der Waals surface area contributed by atoms with E-state index < -0.39 is 0 Å². The summed E-state index contributed by atoms with van der Waals surface area (Å²) in [7, 11) is 0. The van der Waals surface area contributed by atoms with Crippen molar-refractivity contribution in [3.05, 3.63) is 70.0 Å². The predicted octanol–water partition coefficient (Wildman–Crippen LogP) is 5.55. The van der Waals surface area contributed by atoms with Crippen molar-refractivity contribution in [3.63, 3.8) is 0 Å². The Morgan fingerprint density at radius 2 is 1.97 bits per heavy atom. The maximum absolute atomic E-state index is 12.6. The van der Waals surface area contributed by atoms with Gasteiger partial charge in [-0.2, -0.15) is 0 Å². The van der Waals surface area contributed by atoms with Crippen molar-refractivity contribution in [2.24, 2.45) is 0 Å². The van der Waals surface area contributed by atoms with E-state index in [-0.39, 0.29) is 11.8 Å². The molecule has 2 aromatic carbocycles. The van der Waals surface area contributed by atoms with E-state index in [1.165, 1.54) is 0 Å². The van der Waals surface area contributed by atoms with Gasteiger partial charge in [0.05, 0.1) is 10.7 Å². The van der Waals surface area contributed by atoms with Crippen LogP contribution in [0.1, 0.15) is 46.7 Å². The van der Waals surface area contributed by atoms with Gasteiger partial charge >= 0.3 is 0 Å². The lowest BCUT2D eigenvalue weighted by atomic mass is 10.2. The average Bonchev–Trinajstić information content (AvgIpc) is 3.32. The molecule has 0 fully saturated rings. The molecule has 0 aliphatic carbocycles. The highest BCUT2D eigenvalue weighted by atomic mass is 32.1. The van der Waals surface area contributed by atoms with Crippen molar-refractivity contribution >= 4 is 34.0 Å². The van der Waals surface area contributed by atoms with Gasteiger partial charge in [0.1, 0.15) is 17.9 Å². The highest BCUT2D eigenvalue weighted by Crippen LogP contribution is 2.24. The van der Waals surface area contributed by atoms with Gasteiger partial charge in [-0.15, -0.1) is 11.3 Å². The van der Waals surface area contributed by atoms with Crippen LogP contribution in [0.25, 0.3) is 11.1 Å². The van der Waals surface area contributed by atoms with Gasteiger partial charge in [-0.25, -0.2) is 9.97 Å². The molecule has 0 spiro atoms. The molecule has 148 valence electrons. The number of rotatable bonds is 6. The highest BCUT2D eigenvalue weighted by molar-refractivity contribution is 7.09. The zero-order chi connectivity index (χ0) is 20.4. The number of anilines is 1. The second kappa shape index (κ2) is 8.05. The number of aromatic nitrogens is 2. The van der Waals surface area contributed by atoms with Gasteiger partial charge in [0.25, 0.3) is 5.91 Å². The molecule has 2 aromatic heterocycles. The summed E-state index contributed by atoms with van der Waals surface area (Å²) in [5.74, 6) is 1.39. The second-order valence-electron chi connectivity index (χ2n) is 7.01. The summed E-state index contributed by atoms with van der Waals surface area (Å²) in [6.07, 6.45) is 0. The molecule has 29 heavy (non-hydrogen) atoms. The Morgan fingerprint density at radius 1 is 1.17 bits per heavy atom. The number of amides is 1. The fraction of sp³-hybridized carbons (Fsp3) is 0.227. The van der Waals surface area contributed by atoms with Crippen LogP contribution in [-0.2, 0) is 6.61 Å². The molecule has 0 aliphatic heterocycles. The predicted molar refractivity (Wildman–Crippen MR) is 114 cm³/mol. The van der Waals surface area contributed by atoms with Gasteiger partial charge in [0.15, 0.2) is 11.5 Å². The van der Waals surface area contributed by atoms with Crippen LogP contribution in [0.2, 0.25) is 0 Å². The van der Waals surface area contributed by atoms with Crippen molar-refractivity contribution in [2.45, 2.75) is 33.3 Å². The number of thiazole rings is 1. The number of carbonyl (C=O) groups is 1. The van der Waals surface area contributed by atoms with Crippen molar-refractivity contribution in [3.8, 4) is 5.75 Å². The van der Waals surface area contributed by atoms with Crippen molar-refractivity contribution in [2.75, 3.05) is 5.32 Å². The van der Waals surface area contributed by atoms with Gasteiger partial charge in [0.2, 0.25) is 0 Å². The SMILES string of the molecule is Cc1nc(COc2ccc(C(=O)Nc3ccc4oc(C(C)C)nc4c3)cc2)cs1. The Morgan fingerprint density at radius 3 is 2.66 bits per heavy atom. The van der Waals surface area contributed by atoms with E-state index in [0.717, 1.165) is 16.2 Å². The number of fused-ring (bicyclic) bond motifs is 1. The molecule has 0 bridgehead atoms. The summed E-state index contributed by atoms with van der Waals surface area (Å²) in [5.41, 5.74) is 3.56. The Balaban J connectivity index is 1.40. The van der Waals surface area contributed by atoms with E-state index in [1.54, 1.807) is 35.6 Å². The molecule has 0 unspecified atom stereocenters. The number of ether oxygens (including phenoxy) is 1. The zero-order valence-electron chi connectivity index (χ0n) is 16.4. The smallest absolute Gasteiger partial charge is 0.255 e. The molecule has 1 N–H and O–H groups in total. The molecule has 0 radical (unpaired) electrons. The summed E-state index contributed by atoms with van der Waals surface area (Å²) in [6, 6.07) is 12.5. The topological polar surface area (TPSA) is 77.2 Å². The third-order valence-corrected chi connectivity index (χ3v) is 5.15. The fourth-order valence-electron chi connectivity index (χ4n) is 2.81. The molecule has 0 saturated heterocycles. The van der Waals surface area contributed by atoms with Gasteiger partial charge in [-0.05, 0) is 49.4 Å². The number of nitrogens with one attached hydrogen (secondary N) is 1. The van der Waals surface area contributed by atoms with E-state index in [2.05, 4.69) is 15.3 Å². The first-order valence-electron chi connectivity index (χ1n) is 9.33. The Hall–Kier alpha value is -3.19. The van der Waals surface area contributed by atoms with Crippen LogP contribution < -0.4 is 10.1 Å². The Labute approximate surface area is 172 Å². The maximum atomic E-state index is 12.6. The average molecular weight is 407 g/mol. The van der Waals surface area contributed by atoms with Crippen molar-refractivity contribution in [1.82, 2.24) is 9.97 Å². The van der Waals surface area contributed by atoms with E-state index in [0.29, 0.717) is 35.1 Å². The fourth-order valence-corrected chi connectivity index (χ4v) is 3.40. The van der Waals surface area contributed by atoms with Crippen LogP contribution in [0.4, 0.5) is 5.69 Å². The molecule has 0 atom stereocenters. The van der Waals surface area contributed by atoms with E-state index >= 15 is 0 Å². The molecule has 6 nitrogen and oxygen atoms in total. The molecule has 2 heterocycles. The van der Waals surface area contributed by atoms with Gasteiger partial charge < -0.3 is 14.5 Å². The van der Waals surface area contributed by atoms with Gasteiger partial charge in [-0.1, -0.05) is 13.8 Å². The lowest BCUT2D eigenvalue weighted by Gasteiger charge is -2.07. The van der Waals surface area contributed by atoms with Crippen molar-refractivity contribution < 1.29 is 13.9 Å². The van der Waals surface area contributed by atoms with Gasteiger partial charge in [-0.3, -0.25) is 4.79 Å². The number of carbonyl (C=O) groups excluding carboxylic acids is 1. The lowest BCUT2D eigenvalue weighted by Crippen LogP contribution is -2.11. The molecule has 1 amide bonds. The third-order valence-electron chi connectivity index (χ3n) is 4.33. The molecule has 0 aliphatic rings. The first kappa shape index (κ1) is 19.1. The minimum atomic E-state index is -0.196. The number of oxazole rings is 1. The largest absolute Gasteiger partial charge is 0.487 e. The number of hydrogen-bond acceptors (Lipinski definition) is 6. The van der Waals surface area contributed by atoms with Crippen LogP contribution in [0.3, 0.4) is 0 Å². The molecular weight excluding hydrogens is 386 g/mol. The second-order valence-corrected chi connectivity index (χ2v) is 8.08. The minimum absolute atomic E-state index is 0.196. The lowest BCUT2D eigenvalue weighted by molar-refractivity contribution is 0.102. The number of nitrogens with zero attached hydrogens (tertiary/aromatic N) is 2. The minimum Gasteiger partial charge on any atom is -0.487 e. The number of benzene rings is 2. The zero-order valence-corrected chi connectivity index (χ0v) is 17.2. The molecule has 7 heteroatoms. The number of hydrogen-bond donors (Lipinski definition) is 1. The molecular formula is C22H21N3O3S. The standard InChI is InChI=1S/C22H21N3O3S/c1-13(2)22-25-19-10-16(6-9-20(19)28-22)24-21(26)15-4-7-18(8-5-15)27-11-17-12-29-14(3)23-17/h4-10,12-13H,11H2,1-3H3,(H,24,26). The van der Waals surface area contributed by atoms with Crippen LogP contribution >= 0.6 is 11.3 Å². The summed E-state index contributed by atoms with van der Waals surface area (Å²) < 4.78 is 11.4. The maximum Gasteiger partial charge on any atom is 0.255 e. The van der Waals surface area contributed by atoms with Crippen LogP contribution in [0.5, 0.6) is 5.75 Å². The summed E-state index contributed by atoms with van der Waals surface area (Å²) >= 11 is 1.60.